The number of hydrogen-bond donors (Lipinski definition) is 1. The summed E-state index contributed by atoms with van der Waals surface area (Å²) in [4.78, 5) is 1.70. The van der Waals surface area contributed by atoms with Crippen molar-refractivity contribution >= 4 is 11.8 Å². The Morgan fingerprint density at radius 3 is 3.00 bits per heavy atom. The van der Waals surface area contributed by atoms with E-state index in [4.69, 9.17) is 0 Å². The third kappa shape index (κ3) is 1.28. The normalized spacial score (nSPS) is 29.7. The summed E-state index contributed by atoms with van der Waals surface area (Å²) >= 11 is 2.13. The van der Waals surface area contributed by atoms with Gasteiger partial charge in [-0.2, -0.15) is 0 Å². The molecule has 0 aromatic carbocycles. The minimum Gasteiger partial charge on any atom is -0.317 e. The number of piperidine rings is 1. The number of rotatable bonds is 0. The van der Waals surface area contributed by atoms with Crippen molar-refractivity contribution in [2.24, 2.45) is 5.41 Å². The fraction of sp³-hybridized carbons (Fsp3) is 0.667. The van der Waals surface area contributed by atoms with E-state index >= 15 is 0 Å². The highest BCUT2D eigenvalue weighted by molar-refractivity contribution is 8.03. The first-order chi connectivity index (χ1) is 6.91. The van der Waals surface area contributed by atoms with Gasteiger partial charge in [-0.1, -0.05) is 12.2 Å². The topological polar surface area (TPSA) is 12.0 Å². The predicted octanol–water partition coefficient (Wildman–Crippen LogP) is 2.71. The van der Waals surface area contributed by atoms with E-state index in [9.17, 15) is 0 Å². The van der Waals surface area contributed by atoms with Crippen LogP contribution in [0.3, 0.4) is 0 Å². The van der Waals surface area contributed by atoms with Gasteiger partial charge >= 0.3 is 0 Å². The average molecular weight is 207 g/mol. The van der Waals surface area contributed by atoms with Crippen LogP contribution in [0.15, 0.2) is 22.6 Å². The molecule has 2 heterocycles. The standard InChI is InChI=1S/C12H17NS/c1-2-4-11-10(3-1)12(9-14-11)5-7-13-8-6-12/h1,3,13H,2,4-9H2. The lowest BCUT2D eigenvalue weighted by molar-refractivity contribution is 0.297. The van der Waals surface area contributed by atoms with E-state index in [0.717, 1.165) is 0 Å². The van der Waals surface area contributed by atoms with Crippen molar-refractivity contribution in [3.05, 3.63) is 22.6 Å². The van der Waals surface area contributed by atoms with Gasteiger partial charge in [-0.3, -0.25) is 0 Å². The van der Waals surface area contributed by atoms with Crippen LogP contribution in [0.5, 0.6) is 0 Å². The molecule has 2 heteroatoms. The van der Waals surface area contributed by atoms with Gasteiger partial charge in [-0.05, 0) is 49.3 Å². The van der Waals surface area contributed by atoms with Gasteiger partial charge in [0.1, 0.15) is 0 Å². The number of fused-ring (bicyclic) bond motifs is 1. The molecule has 1 aliphatic carbocycles. The number of allylic oxidation sites excluding steroid dienone is 4. The zero-order valence-electron chi connectivity index (χ0n) is 8.51. The quantitative estimate of drug-likeness (QED) is 0.655. The first kappa shape index (κ1) is 9.05. The van der Waals surface area contributed by atoms with Crippen molar-refractivity contribution in [2.45, 2.75) is 25.7 Å². The Hall–Kier alpha value is -0.210. The third-order valence-corrected chi connectivity index (χ3v) is 5.25. The van der Waals surface area contributed by atoms with E-state index in [-0.39, 0.29) is 0 Å². The third-order valence-electron chi connectivity index (χ3n) is 3.78. The SMILES string of the molecule is C1=CC2=C(CC1)SCC21CCNCC1. The van der Waals surface area contributed by atoms with Gasteiger partial charge < -0.3 is 5.32 Å². The molecule has 1 nitrogen and oxygen atoms in total. The van der Waals surface area contributed by atoms with E-state index in [0.29, 0.717) is 5.41 Å². The lowest BCUT2D eigenvalue weighted by atomic mass is 9.73. The largest absolute Gasteiger partial charge is 0.317 e. The molecule has 3 aliphatic rings. The summed E-state index contributed by atoms with van der Waals surface area (Å²) in [6.45, 7) is 2.43. The van der Waals surface area contributed by atoms with E-state index in [1.54, 1.807) is 10.5 Å². The number of nitrogens with one attached hydrogen (secondary N) is 1. The van der Waals surface area contributed by atoms with Crippen molar-refractivity contribution in [1.29, 1.82) is 0 Å². The maximum atomic E-state index is 3.48. The molecule has 0 radical (unpaired) electrons. The second-order valence-corrected chi connectivity index (χ2v) is 5.67. The molecule has 0 atom stereocenters. The van der Waals surface area contributed by atoms with Crippen LogP contribution < -0.4 is 5.32 Å². The summed E-state index contributed by atoms with van der Waals surface area (Å²) < 4.78 is 0. The Labute approximate surface area is 90.0 Å². The van der Waals surface area contributed by atoms with Gasteiger partial charge in [0.2, 0.25) is 0 Å². The van der Waals surface area contributed by atoms with Gasteiger partial charge in [-0.25, -0.2) is 0 Å². The summed E-state index contributed by atoms with van der Waals surface area (Å²) in [6.07, 6.45) is 10.1. The molecule has 2 aliphatic heterocycles. The molecule has 1 fully saturated rings. The second kappa shape index (κ2) is 3.42. The van der Waals surface area contributed by atoms with Crippen molar-refractivity contribution in [2.75, 3.05) is 18.8 Å². The maximum absolute atomic E-state index is 3.48. The van der Waals surface area contributed by atoms with Gasteiger partial charge in [0.05, 0.1) is 0 Å². The molecule has 1 N–H and O–H groups in total. The van der Waals surface area contributed by atoms with Gasteiger partial charge in [0.25, 0.3) is 0 Å². The fourth-order valence-corrected chi connectivity index (χ4v) is 4.48. The molecular weight excluding hydrogens is 190 g/mol. The zero-order valence-corrected chi connectivity index (χ0v) is 9.33. The van der Waals surface area contributed by atoms with Gasteiger partial charge in [-0.15, -0.1) is 11.8 Å². The predicted molar refractivity (Wildman–Crippen MR) is 62.4 cm³/mol. The fourth-order valence-electron chi connectivity index (χ4n) is 2.89. The van der Waals surface area contributed by atoms with Crippen molar-refractivity contribution in [3.63, 3.8) is 0 Å². The van der Waals surface area contributed by atoms with Crippen molar-refractivity contribution in [3.8, 4) is 0 Å². The molecular formula is C12H17NS. The molecule has 0 aromatic rings. The van der Waals surface area contributed by atoms with Crippen molar-refractivity contribution < 1.29 is 0 Å². The van der Waals surface area contributed by atoms with E-state index in [1.807, 2.05) is 0 Å². The van der Waals surface area contributed by atoms with Crippen LogP contribution in [-0.4, -0.2) is 18.8 Å². The molecule has 0 amide bonds. The first-order valence-electron chi connectivity index (χ1n) is 5.64. The summed E-state index contributed by atoms with van der Waals surface area (Å²) in [5.74, 6) is 1.35. The lowest BCUT2D eigenvalue weighted by Crippen LogP contribution is -2.38. The zero-order chi connectivity index (χ0) is 9.43. The molecule has 0 unspecified atom stereocenters. The summed E-state index contributed by atoms with van der Waals surface area (Å²) in [5.41, 5.74) is 2.26. The smallest absolute Gasteiger partial charge is 0.00787 e. The van der Waals surface area contributed by atoms with Crippen LogP contribution in [0.1, 0.15) is 25.7 Å². The Morgan fingerprint density at radius 1 is 1.29 bits per heavy atom. The Bertz CT molecular complexity index is 297. The van der Waals surface area contributed by atoms with Crippen LogP contribution in [0.4, 0.5) is 0 Å². The maximum Gasteiger partial charge on any atom is 0.00787 e. The first-order valence-corrected chi connectivity index (χ1v) is 6.63. The Morgan fingerprint density at radius 2 is 2.14 bits per heavy atom. The number of hydrogen-bond acceptors (Lipinski definition) is 2. The van der Waals surface area contributed by atoms with E-state index < -0.39 is 0 Å². The Kier molecular flexibility index (Phi) is 2.21. The molecule has 1 spiro atoms. The molecule has 3 rings (SSSR count). The molecule has 0 saturated carbocycles. The molecule has 0 bridgehead atoms. The average Bonchev–Trinajstić information content (AvgIpc) is 2.60. The monoisotopic (exact) mass is 207 g/mol. The van der Waals surface area contributed by atoms with Crippen LogP contribution in [0, 0.1) is 5.41 Å². The summed E-state index contributed by atoms with van der Waals surface area (Å²) in [6, 6.07) is 0. The lowest BCUT2D eigenvalue weighted by Gasteiger charge is -2.35. The minimum absolute atomic E-state index is 0.558. The summed E-state index contributed by atoms with van der Waals surface area (Å²) in [7, 11) is 0. The van der Waals surface area contributed by atoms with Crippen LogP contribution in [0.2, 0.25) is 0 Å². The van der Waals surface area contributed by atoms with Crippen LogP contribution in [-0.2, 0) is 0 Å². The van der Waals surface area contributed by atoms with Crippen molar-refractivity contribution in [1.82, 2.24) is 5.32 Å². The molecule has 76 valence electrons. The molecule has 0 aromatic heterocycles. The van der Waals surface area contributed by atoms with Gasteiger partial charge in [0, 0.05) is 11.2 Å². The van der Waals surface area contributed by atoms with E-state index in [2.05, 4.69) is 29.2 Å². The van der Waals surface area contributed by atoms with Gasteiger partial charge in [0.15, 0.2) is 0 Å². The van der Waals surface area contributed by atoms with Crippen LogP contribution in [0.25, 0.3) is 0 Å². The highest BCUT2D eigenvalue weighted by atomic mass is 32.2. The highest BCUT2D eigenvalue weighted by Gasteiger charge is 2.41. The number of thioether (sulfide) groups is 1. The van der Waals surface area contributed by atoms with E-state index in [1.165, 1.54) is 44.5 Å². The Balaban J connectivity index is 1.93. The molecule has 1 saturated heterocycles. The van der Waals surface area contributed by atoms with Crippen LogP contribution >= 0.6 is 11.8 Å². The second-order valence-electron chi connectivity index (χ2n) is 4.60. The minimum atomic E-state index is 0.558. The summed E-state index contributed by atoms with van der Waals surface area (Å²) in [5, 5.41) is 3.48. The highest BCUT2D eigenvalue weighted by Crippen LogP contribution is 2.53. The molecule has 14 heavy (non-hydrogen) atoms.